The number of hydrogen-bond acceptors (Lipinski definition) is 10. The van der Waals surface area contributed by atoms with E-state index in [1.807, 2.05) is 39.8 Å². The van der Waals surface area contributed by atoms with Crippen LogP contribution in [0.4, 0.5) is 34.8 Å². The topological polar surface area (TPSA) is 158 Å². The van der Waals surface area contributed by atoms with Crippen molar-refractivity contribution in [3.63, 3.8) is 0 Å². The molecule has 1 atom stereocenters. The number of carbonyl (C=O) groups is 2. The number of benzene rings is 2. The normalized spacial score (nSPS) is 14.1. The average molecular weight is 673 g/mol. The Labute approximate surface area is 274 Å². The molecular weight excluding hydrogens is 636 g/mol. The number of piperazine rings is 1. The fourth-order valence-corrected chi connectivity index (χ4v) is 4.72. The molecule has 0 saturated carbocycles. The number of carbonyl (C=O) groups excluding carboxylic acids is 1. The van der Waals surface area contributed by atoms with Crippen LogP contribution in [0, 0.1) is 12.7 Å². The van der Waals surface area contributed by atoms with E-state index >= 15 is 4.39 Å². The molecule has 0 bridgehead atoms. The first-order valence-corrected chi connectivity index (χ1v) is 14.9. The van der Waals surface area contributed by atoms with Gasteiger partial charge in [-0.3, -0.25) is 4.79 Å². The molecule has 12 nitrogen and oxygen atoms in total. The van der Waals surface area contributed by atoms with E-state index in [4.69, 9.17) is 14.4 Å². The van der Waals surface area contributed by atoms with Crippen LogP contribution in [0.2, 0.25) is 0 Å². The molecule has 0 radical (unpaired) electrons. The van der Waals surface area contributed by atoms with Gasteiger partial charge < -0.3 is 30.5 Å². The van der Waals surface area contributed by atoms with Gasteiger partial charge in [-0.05, 0) is 61.4 Å². The maximum absolute atomic E-state index is 15.4. The van der Waals surface area contributed by atoms with E-state index in [2.05, 4.69) is 53.1 Å². The Kier molecular flexibility index (Phi) is 11.0. The fraction of sp³-hybridized carbons (Fsp3) is 0.375. The molecule has 1 saturated heterocycles. The number of carboxylic acids is 1. The maximum Gasteiger partial charge on any atom is 0.490 e. The van der Waals surface area contributed by atoms with Gasteiger partial charge in [0.25, 0.3) is 0 Å². The van der Waals surface area contributed by atoms with Crippen LogP contribution in [0.3, 0.4) is 0 Å². The quantitative estimate of drug-likeness (QED) is 0.183. The van der Waals surface area contributed by atoms with Gasteiger partial charge in [0.2, 0.25) is 0 Å². The van der Waals surface area contributed by atoms with E-state index in [-0.39, 0.29) is 11.3 Å². The molecule has 1 amide bonds. The SMILES string of the molecule is Cc1cc(-c2cc(Nc3ccc(N4CCNCC4)cc3)ncn2)c(F)cc1[C@@H](C)NC(=O)c1nc(C(C)(C)C)no1.O=C(O)C(F)(F)F. The molecule has 0 spiro atoms. The Morgan fingerprint density at radius 1 is 1.04 bits per heavy atom. The first kappa shape index (κ1) is 35.7. The lowest BCUT2D eigenvalue weighted by atomic mass is 9.96. The van der Waals surface area contributed by atoms with Crippen LogP contribution in [-0.2, 0) is 10.2 Å². The van der Waals surface area contributed by atoms with Gasteiger partial charge in [-0.25, -0.2) is 19.2 Å². The number of aliphatic carboxylic acids is 1. The van der Waals surface area contributed by atoms with Crippen molar-refractivity contribution in [3.05, 3.63) is 77.5 Å². The highest BCUT2D eigenvalue weighted by atomic mass is 19.4. The zero-order chi connectivity index (χ0) is 35.2. The zero-order valence-corrected chi connectivity index (χ0v) is 26.9. The van der Waals surface area contributed by atoms with Crippen LogP contribution in [0.15, 0.2) is 53.3 Å². The number of carboxylic acid groups (broad SMARTS) is 1. The molecule has 48 heavy (non-hydrogen) atoms. The van der Waals surface area contributed by atoms with Gasteiger partial charge in [-0.15, -0.1) is 0 Å². The number of aryl methyl sites for hydroxylation is 1. The fourth-order valence-electron chi connectivity index (χ4n) is 4.72. The Balaban J connectivity index is 0.000000671. The summed E-state index contributed by atoms with van der Waals surface area (Å²) in [6.07, 6.45) is -3.67. The summed E-state index contributed by atoms with van der Waals surface area (Å²) in [5.41, 5.74) is 3.92. The summed E-state index contributed by atoms with van der Waals surface area (Å²) < 4.78 is 52.3. The summed E-state index contributed by atoms with van der Waals surface area (Å²) >= 11 is 0. The number of hydrogen-bond donors (Lipinski definition) is 4. The molecular formula is C32H36F4N8O4. The van der Waals surface area contributed by atoms with Crippen LogP contribution in [0.5, 0.6) is 0 Å². The lowest BCUT2D eigenvalue weighted by molar-refractivity contribution is -0.192. The molecule has 0 aliphatic carbocycles. The van der Waals surface area contributed by atoms with Crippen molar-refractivity contribution in [1.82, 2.24) is 30.7 Å². The first-order valence-electron chi connectivity index (χ1n) is 14.9. The summed E-state index contributed by atoms with van der Waals surface area (Å²) in [5.74, 6) is -2.86. The Hall–Kier alpha value is -5.12. The van der Waals surface area contributed by atoms with Crippen LogP contribution in [0.25, 0.3) is 11.3 Å². The van der Waals surface area contributed by atoms with Gasteiger partial charge in [0, 0.05) is 54.6 Å². The van der Waals surface area contributed by atoms with Gasteiger partial charge in [0.05, 0.1) is 11.7 Å². The van der Waals surface area contributed by atoms with Crippen molar-refractivity contribution in [3.8, 4) is 11.3 Å². The Morgan fingerprint density at radius 2 is 1.69 bits per heavy atom. The smallest absolute Gasteiger partial charge is 0.475 e. The summed E-state index contributed by atoms with van der Waals surface area (Å²) in [6.45, 7) is 13.3. The molecule has 4 aromatic rings. The van der Waals surface area contributed by atoms with E-state index in [1.165, 1.54) is 18.1 Å². The van der Waals surface area contributed by atoms with Gasteiger partial charge in [-0.2, -0.15) is 18.2 Å². The number of nitrogens with one attached hydrogen (secondary N) is 3. The first-order chi connectivity index (χ1) is 22.5. The lowest BCUT2D eigenvalue weighted by Crippen LogP contribution is -2.43. The van der Waals surface area contributed by atoms with Gasteiger partial charge >= 0.3 is 23.9 Å². The molecule has 2 aromatic carbocycles. The molecule has 16 heteroatoms. The molecule has 1 aliphatic heterocycles. The third-order valence-corrected chi connectivity index (χ3v) is 7.27. The third-order valence-electron chi connectivity index (χ3n) is 7.27. The lowest BCUT2D eigenvalue weighted by Gasteiger charge is -2.29. The summed E-state index contributed by atoms with van der Waals surface area (Å²) in [5, 5.41) is 20.5. The number of alkyl halides is 3. The highest BCUT2D eigenvalue weighted by molar-refractivity contribution is 5.89. The van der Waals surface area contributed by atoms with Crippen LogP contribution in [-0.4, -0.2) is 69.4 Å². The number of amides is 1. The van der Waals surface area contributed by atoms with E-state index in [1.54, 1.807) is 19.1 Å². The standard InChI is InChI=1S/C30H35FN8O2.C2HF3O2/c1-18-14-23(24(31)15-22(18)19(2)35-27(40)28-37-29(38-41-28)30(3,4)5)25-16-26(34-17-33-25)36-20-6-8-21(9-7-20)39-12-10-32-11-13-39;3-2(4,5)1(6)7/h6-9,14-17,19,32H,10-13H2,1-5H3,(H,35,40)(H,33,34,36);(H,6,7)/t19-;/m1./s1. The predicted molar refractivity (Wildman–Crippen MR) is 170 cm³/mol. The minimum atomic E-state index is -5.08. The van der Waals surface area contributed by atoms with Crippen molar-refractivity contribution in [2.24, 2.45) is 0 Å². The van der Waals surface area contributed by atoms with Gasteiger partial charge in [0.15, 0.2) is 5.82 Å². The molecule has 0 unspecified atom stereocenters. The number of rotatable bonds is 7. The molecule has 256 valence electrons. The van der Waals surface area contributed by atoms with Gasteiger partial charge in [-0.1, -0.05) is 25.9 Å². The third kappa shape index (κ3) is 9.24. The molecule has 5 rings (SSSR count). The predicted octanol–water partition coefficient (Wildman–Crippen LogP) is 5.55. The second kappa shape index (κ2) is 14.8. The van der Waals surface area contributed by atoms with E-state index in [0.29, 0.717) is 28.5 Å². The monoisotopic (exact) mass is 672 g/mol. The molecule has 4 N–H and O–H groups in total. The summed E-state index contributed by atoms with van der Waals surface area (Å²) in [4.78, 5) is 36.8. The Bertz CT molecular complexity index is 1730. The van der Waals surface area contributed by atoms with Crippen molar-refractivity contribution in [1.29, 1.82) is 0 Å². The highest BCUT2D eigenvalue weighted by Gasteiger charge is 2.38. The minimum absolute atomic E-state index is 0.129. The van der Waals surface area contributed by atoms with E-state index in [9.17, 15) is 18.0 Å². The van der Waals surface area contributed by atoms with Crippen molar-refractivity contribution in [2.75, 3.05) is 36.4 Å². The highest BCUT2D eigenvalue weighted by Crippen LogP contribution is 2.30. The minimum Gasteiger partial charge on any atom is -0.475 e. The molecule has 1 fully saturated rings. The number of nitrogens with zero attached hydrogens (tertiary/aromatic N) is 5. The van der Waals surface area contributed by atoms with Crippen LogP contribution >= 0.6 is 0 Å². The average Bonchev–Trinajstić information content (AvgIpc) is 3.55. The van der Waals surface area contributed by atoms with Crippen LogP contribution < -0.4 is 20.9 Å². The van der Waals surface area contributed by atoms with Gasteiger partial charge in [0.1, 0.15) is 18.0 Å². The van der Waals surface area contributed by atoms with E-state index in [0.717, 1.165) is 37.4 Å². The summed E-state index contributed by atoms with van der Waals surface area (Å²) in [6, 6.07) is 12.6. The van der Waals surface area contributed by atoms with Crippen molar-refractivity contribution >= 4 is 29.1 Å². The number of anilines is 3. The number of aromatic nitrogens is 4. The van der Waals surface area contributed by atoms with E-state index < -0.39 is 29.9 Å². The Morgan fingerprint density at radius 3 is 2.27 bits per heavy atom. The molecule has 2 aromatic heterocycles. The zero-order valence-electron chi connectivity index (χ0n) is 26.9. The molecule has 1 aliphatic rings. The van der Waals surface area contributed by atoms with Crippen LogP contribution in [0.1, 0.15) is 61.4 Å². The largest absolute Gasteiger partial charge is 0.490 e. The second-order valence-electron chi connectivity index (χ2n) is 12.1. The summed E-state index contributed by atoms with van der Waals surface area (Å²) in [7, 11) is 0. The molecule has 3 heterocycles. The number of halogens is 4. The van der Waals surface area contributed by atoms with Crippen molar-refractivity contribution in [2.45, 2.75) is 52.3 Å². The maximum atomic E-state index is 15.4. The second-order valence-corrected chi connectivity index (χ2v) is 12.1. The van der Waals surface area contributed by atoms with Crippen molar-refractivity contribution < 1.29 is 36.8 Å².